The number of aliphatic imine (C=N–C) groups is 1. The van der Waals surface area contributed by atoms with Gasteiger partial charge in [0.25, 0.3) is 0 Å². The second-order valence-corrected chi connectivity index (χ2v) is 6.63. The highest BCUT2D eigenvalue weighted by Gasteiger charge is 2.22. The summed E-state index contributed by atoms with van der Waals surface area (Å²) < 4.78 is 23.9. The molecule has 1 aromatic carbocycles. The minimum absolute atomic E-state index is 0.00710. The van der Waals surface area contributed by atoms with Gasteiger partial charge < -0.3 is 25.0 Å². The van der Waals surface area contributed by atoms with Crippen LogP contribution in [0.1, 0.15) is 26.2 Å². The molecule has 1 amide bonds. The summed E-state index contributed by atoms with van der Waals surface area (Å²) in [6, 6.07) is 5.67. The topological polar surface area (TPSA) is 75.2 Å². The normalized spacial score (nSPS) is 15.5. The first kappa shape index (κ1) is 22.1. The molecular weight excluding hydrogens is 363 g/mol. The fraction of sp³-hybridized carbons (Fsp3) is 0.600. The monoisotopic (exact) mass is 394 g/mol. The number of carbonyl (C=O) groups is 1. The SMILES string of the molecule is CCNC(=NCC(=O)Nc1ccc(F)cc1)N1CCC(OCCCOC)CC1. The third-order valence-corrected chi connectivity index (χ3v) is 4.42. The fourth-order valence-electron chi connectivity index (χ4n) is 2.99. The second kappa shape index (κ2) is 12.3. The average molecular weight is 394 g/mol. The largest absolute Gasteiger partial charge is 0.385 e. The van der Waals surface area contributed by atoms with E-state index in [9.17, 15) is 9.18 Å². The van der Waals surface area contributed by atoms with Crippen molar-refractivity contribution in [1.82, 2.24) is 10.2 Å². The molecule has 0 radical (unpaired) electrons. The molecule has 2 N–H and O–H groups in total. The van der Waals surface area contributed by atoms with Crippen molar-refractivity contribution in [2.45, 2.75) is 32.3 Å². The Hall–Kier alpha value is -2.19. The zero-order valence-corrected chi connectivity index (χ0v) is 16.7. The van der Waals surface area contributed by atoms with Crippen molar-refractivity contribution in [2.75, 3.05) is 51.8 Å². The summed E-state index contributed by atoms with van der Waals surface area (Å²) in [5.74, 6) is 0.157. The lowest BCUT2D eigenvalue weighted by Crippen LogP contribution is -2.47. The summed E-state index contributed by atoms with van der Waals surface area (Å²) in [5, 5.41) is 5.96. The number of carbonyl (C=O) groups excluding carboxylic acids is 1. The Bertz CT molecular complexity index is 616. The molecule has 0 saturated carbocycles. The summed E-state index contributed by atoms with van der Waals surface area (Å²) in [6.07, 6.45) is 3.03. The van der Waals surface area contributed by atoms with Gasteiger partial charge in [0.15, 0.2) is 5.96 Å². The number of benzene rings is 1. The van der Waals surface area contributed by atoms with Crippen molar-refractivity contribution < 1.29 is 18.7 Å². The highest BCUT2D eigenvalue weighted by atomic mass is 19.1. The lowest BCUT2D eigenvalue weighted by atomic mass is 10.1. The summed E-state index contributed by atoms with van der Waals surface area (Å²) >= 11 is 0. The maximum Gasteiger partial charge on any atom is 0.246 e. The van der Waals surface area contributed by atoms with Crippen LogP contribution >= 0.6 is 0 Å². The number of hydrogen-bond acceptors (Lipinski definition) is 4. The van der Waals surface area contributed by atoms with Crippen LogP contribution in [0.25, 0.3) is 0 Å². The molecule has 0 bridgehead atoms. The molecule has 1 aliphatic heterocycles. The first-order valence-corrected chi connectivity index (χ1v) is 9.81. The molecule has 0 spiro atoms. The zero-order chi connectivity index (χ0) is 20.2. The number of methoxy groups -OCH3 is 1. The molecule has 1 saturated heterocycles. The highest BCUT2D eigenvalue weighted by molar-refractivity contribution is 5.94. The smallest absolute Gasteiger partial charge is 0.246 e. The van der Waals surface area contributed by atoms with E-state index in [0.717, 1.165) is 58.1 Å². The fourth-order valence-corrected chi connectivity index (χ4v) is 2.99. The van der Waals surface area contributed by atoms with Crippen LogP contribution in [0.5, 0.6) is 0 Å². The maximum atomic E-state index is 12.9. The Labute approximate surface area is 166 Å². The van der Waals surface area contributed by atoms with E-state index >= 15 is 0 Å². The van der Waals surface area contributed by atoms with E-state index < -0.39 is 0 Å². The molecule has 0 aromatic heterocycles. The van der Waals surface area contributed by atoms with Gasteiger partial charge >= 0.3 is 0 Å². The van der Waals surface area contributed by atoms with E-state index in [4.69, 9.17) is 9.47 Å². The van der Waals surface area contributed by atoms with E-state index in [1.807, 2.05) is 6.92 Å². The minimum atomic E-state index is -0.337. The number of ether oxygens (including phenoxy) is 2. The molecule has 156 valence electrons. The molecule has 7 nitrogen and oxygen atoms in total. The van der Waals surface area contributed by atoms with Crippen molar-refractivity contribution in [2.24, 2.45) is 4.99 Å². The van der Waals surface area contributed by atoms with Crippen molar-refractivity contribution in [3.8, 4) is 0 Å². The Kier molecular flexibility index (Phi) is 9.71. The van der Waals surface area contributed by atoms with E-state index in [-0.39, 0.29) is 24.4 Å². The van der Waals surface area contributed by atoms with E-state index in [2.05, 4.69) is 20.5 Å². The van der Waals surface area contributed by atoms with Crippen molar-refractivity contribution in [3.63, 3.8) is 0 Å². The van der Waals surface area contributed by atoms with Crippen LogP contribution in [0.3, 0.4) is 0 Å². The molecule has 8 heteroatoms. The van der Waals surface area contributed by atoms with Gasteiger partial charge in [0.2, 0.25) is 5.91 Å². The maximum absolute atomic E-state index is 12.9. The number of rotatable bonds is 9. The third kappa shape index (κ3) is 7.82. The summed E-state index contributed by atoms with van der Waals surface area (Å²) in [7, 11) is 1.69. The first-order chi connectivity index (χ1) is 13.6. The number of hydrogen-bond donors (Lipinski definition) is 2. The van der Waals surface area contributed by atoms with Crippen LogP contribution < -0.4 is 10.6 Å². The van der Waals surface area contributed by atoms with Gasteiger partial charge in [-0.25, -0.2) is 9.38 Å². The molecule has 0 aliphatic carbocycles. The van der Waals surface area contributed by atoms with Gasteiger partial charge in [-0.15, -0.1) is 0 Å². The van der Waals surface area contributed by atoms with Crippen LogP contribution in [-0.2, 0) is 14.3 Å². The zero-order valence-electron chi connectivity index (χ0n) is 16.7. The van der Waals surface area contributed by atoms with Gasteiger partial charge in [0.1, 0.15) is 12.4 Å². The van der Waals surface area contributed by atoms with E-state index in [1.54, 1.807) is 7.11 Å². The number of halogens is 1. The van der Waals surface area contributed by atoms with Gasteiger partial charge in [-0.05, 0) is 50.5 Å². The summed E-state index contributed by atoms with van der Waals surface area (Å²) in [5.41, 5.74) is 0.554. The first-order valence-electron chi connectivity index (χ1n) is 9.81. The Morgan fingerprint density at radius 2 is 1.96 bits per heavy atom. The Morgan fingerprint density at radius 1 is 1.25 bits per heavy atom. The number of anilines is 1. The number of guanidine groups is 1. The summed E-state index contributed by atoms with van der Waals surface area (Å²) in [6.45, 7) is 5.84. The number of piperidine rings is 1. The molecule has 0 unspecified atom stereocenters. The number of nitrogens with one attached hydrogen (secondary N) is 2. The van der Waals surface area contributed by atoms with Gasteiger partial charge in [-0.2, -0.15) is 0 Å². The Morgan fingerprint density at radius 3 is 2.61 bits per heavy atom. The molecule has 0 atom stereocenters. The predicted octanol–water partition coefficient (Wildman–Crippen LogP) is 2.25. The van der Waals surface area contributed by atoms with Crippen LogP contribution in [0.4, 0.5) is 10.1 Å². The summed E-state index contributed by atoms with van der Waals surface area (Å²) in [4.78, 5) is 18.7. The third-order valence-electron chi connectivity index (χ3n) is 4.42. The lowest BCUT2D eigenvalue weighted by molar-refractivity contribution is -0.114. The molecule has 1 aromatic rings. The highest BCUT2D eigenvalue weighted by Crippen LogP contribution is 2.14. The predicted molar refractivity (Wildman–Crippen MR) is 108 cm³/mol. The van der Waals surface area contributed by atoms with Gasteiger partial charge in [0.05, 0.1) is 6.10 Å². The van der Waals surface area contributed by atoms with Crippen LogP contribution in [0.15, 0.2) is 29.3 Å². The molecule has 1 fully saturated rings. The van der Waals surface area contributed by atoms with Crippen molar-refractivity contribution in [3.05, 3.63) is 30.1 Å². The van der Waals surface area contributed by atoms with Gasteiger partial charge in [0, 0.05) is 45.6 Å². The quantitative estimate of drug-likeness (QED) is 0.382. The molecular formula is C20H31FN4O3. The second-order valence-electron chi connectivity index (χ2n) is 6.63. The molecule has 28 heavy (non-hydrogen) atoms. The van der Waals surface area contributed by atoms with E-state index in [1.165, 1.54) is 24.3 Å². The minimum Gasteiger partial charge on any atom is -0.385 e. The Balaban J connectivity index is 1.80. The van der Waals surface area contributed by atoms with Gasteiger partial charge in [-0.3, -0.25) is 4.79 Å². The average Bonchev–Trinajstić information content (AvgIpc) is 2.71. The van der Waals surface area contributed by atoms with E-state index in [0.29, 0.717) is 5.69 Å². The molecule has 1 heterocycles. The van der Waals surface area contributed by atoms with Gasteiger partial charge in [-0.1, -0.05) is 0 Å². The molecule has 2 rings (SSSR count). The van der Waals surface area contributed by atoms with Crippen molar-refractivity contribution >= 4 is 17.6 Å². The molecule has 1 aliphatic rings. The number of nitrogens with zero attached hydrogens (tertiary/aromatic N) is 2. The standard InChI is InChI=1S/C20H31FN4O3/c1-3-22-20(23-15-19(26)24-17-7-5-16(21)6-8-17)25-11-9-18(10-12-25)28-14-4-13-27-2/h5-8,18H,3-4,9-15H2,1-2H3,(H,22,23)(H,24,26). The number of amides is 1. The number of likely N-dealkylation sites (tertiary alicyclic amines) is 1. The van der Waals surface area contributed by atoms with Crippen LogP contribution in [-0.4, -0.2) is 69.4 Å². The van der Waals surface area contributed by atoms with Crippen LogP contribution in [0.2, 0.25) is 0 Å². The lowest BCUT2D eigenvalue weighted by Gasteiger charge is -2.34. The van der Waals surface area contributed by atoms with Crippen molar-refractivity contribution in [1.29, 1.82) is 0 Å². The van der Waals surface area contributed by atoms with Crippen LogP contribution in [0, 0.1) is 5.82 Å².